The smallest absolute Gasteiger partial charge is 0.394 e. The van der Waals surface area contributed by atoms with Crippen molar-refractivity contribution >= 4 is 33.4 Å². The number of anilines is 1. The number of alkyl halides is 2. The third-order valence-corrected chi connectivity index (χ3v) is 7.53. The first-order valence-corrected chi connectivity index (χ1v) is 13.0. The number of sulfonamides is 1. The van der Waals surface area contributed by atoms with E-state index < -0.39 is 22.1 Å². The van der Waals surface area contributed by atoms with Gasteiger partial charge in [0.1, 0.15) is 5.75 Å². The molecule has 0 unspecified atom stereocenters. The van der Waals surface area contributed by atoms with Gasteiger partial charge in [0.05, 0.1) is 17.6 Å². The van der Waals surface area contributed by atoms with Gasteiger partial charge in [-0.15, -0.1) is 11.8 Å². The quantitative estimate of drug-likeness (QED) is 0.268. The molecule has 0 heterocycles. The van der Waals surface area contributed by atoms with E-state index in [-0.39, 0.29) is 16.2 Å². The van der Waals surface area contributed by atoms with Crippen molar-refractivity contribution in [3.63, 3.8) is 0 Å². The summed E-state index contributed by atoms with van der Waals surface area (Å²) in [5.41, 5.74) is 2.80. The summed E-state index contributed by atoms with van der Waals surface area (Å²) in [4.78, 5) is 12.9. The van der Waals surface area contributed by atoms with Crippen LogP contribution in [0.3, 0.4) is 0 Å². The second kappa shape index (κ2) is 10.7. The fourth-order valence-electron chi connectivity index (χ4n) is 3.16. The zero-order chi connectivity index (χ0) is 25.8. The van der Waals surface area contributed by atoms with Gasteiger partial charge in [-0.3, -0.25) is 4.72 Å². The maximum atomic E-state index is 12.9. The Morgan fingerprint density at radius 2 is 1.66 bits per heavy atom. The van der Waals surface area contributed by atoms with Gasteiger partial charge in [0.2, 0.25) is 0 Å². The number of hydrogen-bond acceptors (Lipinski definition) is 6. The highest BCUT2D eigenvalue weighted by Crippen LogP contribution is 2.28. The molecule has 0 aliphatic heterocycles. The summed E-state index contributed by atoms with van der Waals surface area (Å²) in [6, 6.07) is 16.0. The first kappa shape index (κ1) is 26.5. The van der Waals surface area contributed by atoms with Crippen LogP contribution in [0.1, 0.15) is 34.0 Å². The molecular formula is C25H25F2NO5S2. The number of esters is 1. The Hall–Kier alpha value is -3.11. The predicted octanol–water partition coefficient (Wildman–Crippen LogP) is 6.17. The predicted molar refractivity (Wildman–Crippen MR) is 132 cm³/mol. The van der Waals surface area contributed by atoms with Crippen LogP contribution in [0.2, 0.25) is 0 Å². The lowest BCUT2D eigenvalue weighted by Gasteiger charge is -2.13. The largest absolute Gasteiger partial charge is 0.465 e. The molecule has 3 rings (SSSR count). The van der Waals surface area contributed by atoms with E-state index in [0.717, 1.165) is 10.5 Å². The van der Waals surface area contributed by atoms with Crippen molar-refractivity contribution in [3.05, 3.63) is 82.9 Å². The number of rotatable bonds is 9. The van der Waals surface area contributed by atoms with E-state index in [4.69, 9.17) is 4.74 Å². The molecule has 0 saturated carbocycles. The third-order valence-electron chi connectivity index (χ3n) is 5.09. The number of halogens is 2. The van der Waals surface area contributed by atoms with Gasteiger partial charge in [-0.05, 0) is 79.1 Å². The highest BCUT2D eigenvalue weighted by Gasteiger charge is 2.23. The summed E-state index contributed by atoms with van der Waals surface area (Å²) in [6.07, 6.45) is -3.23. The number of ether oxygens (including phenoxy) is 2. The van der Waals surface area contributed by atoms with Crippen LogP contribution in [0.15, 0.2) is 70.5 Å². The number of carbonyl (C=O) groups is 1. The normalized spacial score (nSPS) is 11.7. The van der Waals surface area contributed by atoms with Crippen molar-refractivity contribution in [2.75, 3.05) is 11.8 Å². The zero-order valence-corrected chi connectivity index (χ0v) is 21.2. The van der Waals surface area contributed by atoms with Gasteiger partial charge in [-0.1, -0.05) is 12.1 Å². The SMILES string of the molecule is COC(=O)c1cc(S(=O)(=O)Nc2ccc(SCc3ccc(OC(C)(F)F)cc3)cc2)cc(C)c1C. The van der Waals surface area contributed by atoms with E-state index in [2.05, 4.69) is 9.46 Å². The molecule has 0 fully saturated rings. The lowest BCUT2D eigenvalue weighted by molar-refractivity contribution is -0.158. The molecule has 3 aromatic carbocycles. The molecule has 0 bridgehead atoms. The molecule has 0 spiro atoms. The Morgan fingerprint density at radius 1 is 1.03 bits per heavy atom. The monoisotopic (exact) mass is 521 g/mol. The number of methoxy groups -OCH3 is 1. The number of nitrogens with one attached hydrogen (secondary N) is 1. The number of carbonyl (C=O) groups excluding carboxylic acids is 1. The minimum absolute atomic E-state index is 0.0345. The minimum Gasteiger partial charge on any atom is -0.465 e. The molecule has 0 aromatic heterocycles. The van der Waals surface area contributed by atoms with Crippen LogP contribution in [0, 0.1) is 13.8 Å². The zero-order valence-electron chi connectivity index (χ0n) is 19.6. The van der Waals surface area contributed by atoms with Crippen LogP contribution in [-0.2, 0) is 20.5 Å². The molecule has 186 valence electrons. The van der Waals surface area contributed by atoms with Crippen LogP contribution in [0.25, 0.3) is 0 Å². The van der Waals surface area contributed by atoms with E-state index in [1.165, 1.54) is 43.1 Å². The third kappa shape index (κ3) is 7.19. The molecule has 0 saturated heterocycles. The minimum atomic E-state index is -3.93. The van der Waals surface area contributed by atoms with Gasteiger partial charge in [0, 0.05) is 23.3 Å². The van der Waals surface area contributed by atoms with Crippen LogP contribution in [0.5, 0.6) is 5.75 Å². The summed E-state index contributed by atoms with van der Waals surface area (Å²) in [6.45, 7) is 4.14. The van der Waals surface area contributed by atoms with Gasteiger partial charge < -0.3 is 9.47 Å². The topological polar surface area (TPSA) is 81.7 Å². The molecule has 0 aliphatic carbocycles. The number of thioether (sulfide) groups is 1. The van der Waals surface area contributed by atoms with E-state index >= 15 is 0 Å². The standard InChI is InChI=1S/C25H25F2NO5S2/c1-16-13-22(14-23(17(16)2)24(29)32-4)35(30,31)28-19-7-11-21(12-8-19)34-15-18-5-9-20(10-6-18)33-25(3,26)27/h5-14,28H,15H2,1-4H3. The number of aryl methyl sites for hydroxylation is 1. The van der Waals surface area contributed by atoms with Crippen LogP contribution in [0.4, 0.5) is 14.5 Å². The maximum Gasteiger partial charge on any atom is 0.394 e. The highest BCUT2D eigenvalue weighted by molar-refractivity contribution is 7.98. The van der Waals surface area contributed by atoms with E-state index in [1.54, 1.807) is 50.2 Å². The van der Waals surface area contributed by atoms with Crippen molar-refractivity contribution in [1.29, 1.82) is 0 Å². The summed E-state index contributed by atoms with van der Waals surface area (Å²) < 4.78 is 63.5. The van der Waals surface area contributed by atoms with Gasteiger partial charge in [-0.2, -0.15) is 8.78 Å². The molecule has 35 heavy (non-hydrogen) atoms. The van der Waals surface area contributed by atoms with Crippen molar-refractivity contribution in [2.45, 2.75) is 42.4 Å². The molecular weight excluding hydrogens is 496 g/mol. The first-order valence-electron chi connectivity index (χ1n) is 10.5. The maximum absolute atomic E-state index is 12.9. The van der Waals surface area contributed by atoms with Gasteiger partial charge in [0.15, 0.2) is 0 Å². The lowest BCUT2D eigenvalue weighted by atomic mass is 10.0. The second-order valence-electron chi connectivity index (χ2n) is 7.88. The molecule has 6 nitrogen and oxygen atoms in total. The van der Waals surface area contributed by atoms with Crippen molar-refractivity contribution < 1.29 is 31.5 Å². The van der Waals surface area contributed by atoms with Gasteiger partial charge in [0.25, 0.3) is 10.0 Å². The Labute approximate surface area is 207 Å². The second-order valence-corrected chi connectivity index (χ2v) is 10.6. The van der Waals surface area contributed by atoms with Crippen molar-refractivity contribution in [1.82, 2.24) is 0 Å². The Kier molecular flexibility index (Phi) is 8.07. The fourth-order valence-corrected chi connectivity index (χ4v) is 5.19. The average molecular weight is 522 g/mol. The lowest BCUT2D eigenvalue weighted by Crippen LogP contribution is -2.18. The molecule has 0 aliphatic rings. The van der Waals surface area contributed by atoms with Crippen LogP contribution < -0.4 is 9.46 Å². The molecule has 0 atom stereocenters. The molecule has 3 aromatic rings. The fraction of sp³-hybridized carbons (Fsp3) is 0.240. The van der Waals surface area contributed by atoms with Crippen LogP contribution in [-0.4, -0.2) is 27.6 Å². The molecule has 0 amide bonds. The first-order chi connectivity index (χ1) is 16.4. The molecule has 1 N–H and O–H groups in total. The Morgan fingerprint density at radius 3 is 2.23 bits per heavy atom. The van der Waals surface area contributed by atoms with E-state index in [1.807, 2.05) is 0 Å². The Balaban J connectivity index is 1.66. The van der Waals surface area contributed by atoms with E-state index in [9.17, 15) is 22.0 Å². The van der Waals surface area contributed by atoms with Gasteiger partial charge >= 0.3 is 12.1 Å². The summed E-state index contributed by atoms with van der Waals surface area (Å²) in [7, 11) is -2.69. The van der Waals surface area contributed by atoms with Crippen molar-refractivity contribution in [2.24, 2.45) is 0 Å². The summed E-state index contributed by atoms with van der Waals surface area (Å²) in [5.74, 6) is 0.0761. The van der Waals surface area contributed by atoms with Gasteiger partial charge in [-0.25, -0.2) is 13.2 Å². The molecule has 10 heteroatoms. The number of benzene rings is 3. The molecule has 0 radical (unpaired) electrons. The Bertz CT molecular complexity index is 1300. The van der Waals surface area contributed by atoms with E-state index in [0.29, 0.717) is 29.5 Å². The summed E-state index contributed by atoms with van der Waals surface area (Å²) >= 11 is 1.51. The number of hydrogen-bond donors (Lipinski definition) is 1. The average Bonchev–Trinajstić information content (AvgIpc) is 2.79. The summed E-state index contributed by atoms with van der Waals surface area (Å²) in [5, 5.41) is 0. The van der Waals surface area contributed by atoms with Crippen LogP contribution >= 0.6 is 11.8 Å². The highest BCUT2D eigenvalue weighted by atomic mass is 32.2. The van der Waals surface area contributed by atoms with Crippen molar-refractivity contribution in [3.8, 4) is 5.75 Å².